The van der Waals surface area contributed by atoms with Crippen molar-refractivity contribution in [3.05, 3.63) is 24.0 Å². The van der Waals surface area contributed by atoms with Gasteiger partial charge in [0.2, 0.25) is 10.0 Å². The molecule has 1 fully saturated rings. The molecule has 0 heterocycles. The van der Waals surface area contributed by atoms with Gasteiger partial charge in [0.15, 0.2) is 0 Å². The fraction of sp³-hybridized carbons (Fsp3) is 0.600. The number of nitrogens with one attached hydrogen (secondary N) is 1. The number of halogens is 1. The first kappa shape index (κ1) is 16.2. The fourth-order valence-corrected chi connectivity index (χ4v) is 3.83. The van der Waals surface area contributed by atoms with E-state index in [4.69, 9.17) is 5.73 Å². The van der Waals surface area contributed by atoms with Crippen LogP contribution in [0.5, 0.6) is 0 Å². The van der Waals surface area contributed by atoms with E-state index in [-0.39, 0.29) is 10.6 Å². The van der Waals surface area contributed by atoms with Crippen molar-refractivity contribution in [2.45, 2.75) is 43.9 Å². The summed E-state index contributed by atoms with van der Waals surface area (Å²) < 4.78 is 40.0. The maximum atomic E-state index is 13.3. The summed E-state index contributed by atoms with van der Waals surface area (Å²) in [6.07, 6.45) is 5.61. The van der Waals surface area contributed by atoms with E-state index in [9.17, 15) is 12.8 Å². The Kier molecular flexibility index (Phi) is 5.22. The minimum Gasteiger partial charge on any atom is -0.396 e. The first-order valence-electron chi connectivity index (χ1n) is 7.43. The summed E-state index contributed by atoms with van der Waals surface area (Å²) in [6, 6.07) is 3.55. The molecule has 118 valence electrons. The highest BCUT2D eigenvalue weighted by molar-refractivity contribution is 7.89. The lowest BCUT2D eigenvalue weighted by molar-refractivity contribution is 0.278. The predicted molar refractivity (Wildman–Crippen MR) is 81.7 cm³/mol. The predicted octanol–water partition coefficient (Wildman–Crippen LogP) is 2.90. The van der Waals surface area contributed by atoms with Crippen molar-refractivity contribution < 1.29 is 12.8 Å². The fourth-order valence-electron chi connectivity index (χ4n) is 2.77. The topological polar surface area (TPSA) is 72.2 Å². The van der Waals surface area contributed by atoms with Crippen LogP contribution in [-0.4, -0.2) is 15.0 Å². The third-order valence-electron chi connectivity index (χ3n) is 4.26. The molecule has 3 N–H and O–H groups in total. The van der Waals surface area contributed by atoms with Gasteiger partial charge in [-0.1, -0.05) is 32.6 Å². The standard InChI is InChI=1S/C15H23FN2O2S/c1-11-2-4-12(5-3-11)8-9-18-21(19,20)13-6-7-15(17)14(16)10-13/h6-7,10-12,18H,2-5,8-9,17H2,1H3. The molecule has 0 saturated heterocycles. The number of nitrogens with two attached hydrogens (primary N) is 1. The van der Waals surface area contributed by atoms with Crippen LogP contribution in [0.1, 0.15) is 39.0 Å². The van der Waals surface area contributed by atoms with Gasteiger partial charge in [0, 0.05) is 6.54 Å². The molecule has 0 amide bonds. The van der Waals surface area contributed by atoms with E-state index >= 15 is 0 Å². The van der Waals surface area contributed by atoms with E-state index in [1.165, 1.54) is 37.8 Å². The van der Waals surface area contributed by atoms with Gasteiger partial charge in [-0.3, -0.25) is 0 Å². The zero-order chi connectivity index (χ0) is 15.5. The lowest BCUT2D eigenvalue weighted by Crippen LogP contribution is -2.27. The second kappa shape index (κ2) is 6.75. The van der Waals surface area contributed by atoms with Gasteiger partial charge in [-0.05, 0) is 36.5 Å². The van der Waals surface area contributed by atoms with Gasteiger partial charge < -0.3 is 5.73 Å². The van der Waals surface area contributed by atoms with Crippen molar-refractivity contribution in [2.75, 3.05) is 12.3 Å². The number of sulfonamides is 1. The number of hydrogen-bond donors (Lipinski definition) is 2. The van der Waals surface area contributed by atoms with Crippen LogP contribution >= 0.6 is 0 Å². The zero-order valence-electron chi connectivity index (χ0n) is 12.3. The number of nitrogen functional groups attached to an aromatic ring is 1. The van der Waals surface area contributed by atoms with Crippen molar-refractivity contribution in [1.82, 2.24) is 4.72 Å². The Morgan fingerprint density at radius 2 is 1.95 bits per heavy atom. The van der Waals surface area contributed by atoms with Crippen LogP contribution < -0.4 is 10.5 Å². The summed E-state index contributed by atoms with van der Waals surface area (Å²) in [6.45, 7) is 2.65. The largest absolute Gasteiger partial charge is 0.396 e. The summed E-state index contributed by atoms with van der Waals surface area (Å²) in [4.78, 5) is -0.0773. The average Bonchev–Trinajstić information content (AvgIpc) is 2.44. The van der Waals surface area contributed by atoms with Crippen LogP contribution in [0.4, 0.5) is 10.1 Å². The first-order chi connectivity index (χ1) is 9.88. The quantitative estimate of drug-likeness (QED) is 0.821. The number of rotatable bonds is 5. The van der Waals surface area contributed by atoms with Crippen molar-refractivity contribution in [2.24, 2.45) is 11.8 Å². The molecule has 1 saturated carbocycles. The summed E-state index contributed by atoms with van der Waals surface area (Å²) in [5, 5.41) is 0. The molecule has 4 nitrogen and oxygen atoms in total. The molecule has 1 aromatic carbocycles. The Labute approximate surface area is 126 Å². The summed E-state index contributed by atoms with van der Waals surface area (Å²) >= 11 is 0. The van der Waals surface area contributed by atoms with E-state index in [2.05, 4.69) is 11.6 Å². The molecule has 1 aliphatic carbocycles. The third-order valence-corrected chi connectivity index (χ3v) is 5.72. The normalized spacial score (nSPS) is 23.1. The zero-order valence-corrected chi connectivity index (χ0v) is 13.1. The molecule has 0 unspecified atom stereocenters. The van der Waals surface area contributed by atoms with E-state index in [1.54, 1.807) is 0 Å². The summed E-state index contributed by atoms with van der Waals surface area (Å²) in [5.41, 5.74) is 5.30. The average molecular weight is 314 g/mol. The minimum absolute atomic E-state index is 0.0507. The molecule has 0 aliphatic heterocycles. The third kappa shape index (κ3) is 4.41. The van der Waals surface area contributed by atoms with Crippen LogP contribution in [-0.2, 0) is 10.0 Å². The molecule has 0 aromatic heterocycles. The molecule has 6 heteroatoms. The van der Waals surface area contributed by atoms with Crippen LogP contribution in [0.25, 0.3) is 0 Å². The Morgan fingerprint density at radius 1 is 1.29 bits per heavy atom. The van der Waals surface area contributed by atoms with Gasteiger partial charge in [0.05, 0.1) is 10.6 Å². The molecular formula is C15H23FN2O2S. The van der Waals surface area contributed by atoms with Crippen LogP contribution in [0.15, 0.2) is 23.1 Å². The van der Waals surface area contributed by atoms with Gasteiger partial charge in [-0.15, -0.1) is 0 Å². The van der Waals surface area contributed by atoms with E-state index < -0.39 is 15.8 Å². The van der Waals surface area contributed by atoms with Gasteiger partial charge in [0.1, 0.15) is 5.82 Å². The summed E-state index contributed by atoms with van der Waals surface area (Å²) in [5.74, 6) is 0.668. The second-order valence-corrected chi connectivity index (χ2v) is 7.76. The first-order valence-corrected chi connectivity index (χ1v) is 8.91. The second-order valence-electron chi connectivity index (χ2n) is 6.00. The maximum Gasteiger partial charge on any atom is 0.240 e. The molecular weight excluding hydrogens is 291 g/mol. The Hall–Kier alpha value is -1.14. The highest BCUT2D eigenvalue weighted by Crippen LogP contribution is 2.30. The minimum atomic E-state index is -3.66. The van der Waals surface area contributed by atoms with Crippen LogP contribution in [0, 0.1) is 17.7 Å². The lowest BCUT2D eigenvalue weighted by Gasteiger charge is -2.26. The summed E-state index contributed by atoms with van der Waals surface area (Å²) in [7, 11) is -3.66. The number of hydrogen-bond acceptors (Lipinski definition) is 3. The van der Waals surface area contributed by atoms with Crippen LogP contribution in [0.3, 0.4) is 0 Å². The van der Waals surface area contributed by atoms with Gasteiger partial charge in [0.25, 0.3) is 0 Å². The van der Waals surface area contributed by atoms with Gasteiger partial charge >= 0.3 is 0 Å². The van der Waals surface area contributed by atoms with E-state index in [0.29, 0.717) is 12.5 Å². The smallest absolute Gasteiger partial charge is 0.240 e. The molecule has 0 radical (unpaired) electrons. The highest BCUT2D eigenvalue weighted by Gasteiger charge is 2.20. The van der Waals surface area contributed by atoms with Crippen molar-refractivity contribution in [3.63, 3.8) is 0 Å². The van der Waals surface area contributed by atoms with Crippen molar-refractivity contribution in [3.8, 4) is 0 Å². The molecule has 0 bridgehead atoms. The maximum absolute atomic E-state index is 13.3. The Balaban J connectivity index is 1.88. The van der Waals surface area contributed by atoms with E-state index in [0.717, 1.165) is 18.4 Å². The number of anilines is 1. The Morgan fingerprint density at radius 3 is 2.57 bits per heavy atom. The Bertz CT molecular complexity index is 581. The monoisotopic (exact) mass is 314 g/mol. The highest BCUT2D eigenvalue weighted by atomic mass is 32.2. The van der Waals surface area contributed by atoms with Crippen molar-refractivity contribution >= 4 is 15.7 Å². The van der Waals surface area contributed by atoms with Gasteiger partial charge in [-0.25, -0.2) is 17.5 Å². The SMILES string of the molecule is CC1CCC(CCNS(=O)(=O)c2ccc(N)c(F)c2)CC1. The molecule has 2 rings (SSSR count). The van der Waals surface area contributed by atoms with E-state index in [1.807, 2.05) is 0 Å². The van der Waals surface area contributed by atoms with Gasteiger partial charge in [-0.2, -0.15) is 0 Å². The van der Waals surface area contributed by atoms with Crippen LogP contribution in [0.2, 0.25) is 0 Å². The number of benzene rings is 1. The lowest BCUT2D eigenvalue weighted by atomic mass is 9.81. The van der Waals surface area contributed by atoms with Crippen molar-refractivity contribution in [1.29, 1.82) is 0 Å². The molecule has 21 heavy (non-hydrogen) atoms. The molecule has 0 atom stereocenters. The molecule has 1 aliphatic rings. The molecule has 0 spiro atoms. The molecule has 1 aromatic rings.